The van der Waals surface area contributed by atoms with E-state index in [4.69, 9.17) is 32.7 Å². The number of phosphoric ester groups is 1. The Kier molecular flexibility index (Phi) is 21.0. The molecule has 4 N–H and O–H groups in total. The molecule has 1 rings (SSSR count). The van der Waals surface area contributed by atoms with E-state index in [1.807, 2.05) is 13.8 Å². The van der Waals surface area contributed by atoms with E-state index in [2.05, 4.69) is 13.1 Å². The van der Waals surface area contributed by atoms with Crippen LogP contribution in [0.4, 0.5) is 0 Å². The second-order valence-corrected chi connectivity index (χ2v) is 10.1. The molecule has 18 heteroatoms. The third-order valence-corrected chi connectivity index (χ3v) is 7.49. The Morgan fingerprint density at radius 1 is 1.06 bits per heavy atom. The summed E-state index contributed by atoms with van der Waals surface area (Å²) in [5.41, 5.74) is 0. The third-order valence-electron chi connectivity index (χ3n) is 3.69. The van der Waals surface area contributed by atoms with Crippen LogP contribution in [0.5, 0.6) is 0 Å². The van der Waals surface area contributed by atoms with Crippen LogP contribution in [0.1, 0.15) is 27.7 Å². The molecule has 1 aliphatic heterocycles. The summed E-state index contributed by atoms with van der Waals surface area (Å²) in [7, 11) is -10.3. The van der Waals surface area contributed by atoms with Gasteiger partial charge in [0.05, 0.1) is 18.8 Å². The van der Waals surface area contributed by atoms with Crippen molar-refractivity contribution in [2.24, 2.45) is 11.8 Å². The molecule has 1 heterocycles. The average molecular weight is 583 g/mol. The first kappa shape index (κ1) is 39.2. The molecule has 13 nitrogen and oxygen atoms in total. The number of hydrogen-bond acceptors (Lipinski definition) is 9. The first-order valence-electron chi connectivity index (χ1n) is 7.85. The maximum absolute atomic E-state index is 11.7. The van der Waals surface area contributed by atoms with Crippen molar-refractivity contribution in [3.63, 3.8) is 0 Å². The molecule has 0 amide bonds. The first-order chi connectivity index (χ1) is 12.6. The Balaban J connectivity index is -0.000000572. The van der Waals surface area contributed by atoms with Gasteiger partial charge in [-0.2, -0.15) is 13.9 Å². The van der Waals surface area contributed by atoms with Gasteiger partial charge >= 0.3 is 23.5 Å². The van der Waals surface area contributed by atoms with Gasteiger partial charge in [0, 0.05) is 39.6 Å². The van der Waals surface area contributed by atoms with Crippen LogP contribution < -0.4 is 0 Å². The molecule has 1 fully saturated rings. The topological polar surface area (TPSA) is 196 Å². The van der Waals surface area contributed by atoms with Crippen LogP contribution >= 0.6 is 23.5 Å². The van der Waals surface area contributed by atoms with Gasteiger partial charge in [0.15, 0.2) is 7.98 Å². The van der Waals surface area contributed by atoms with Crippen molar-refractivity contribution in [2.75, 3.05) is 13.2 Å². The van der Waals surface area contributed by atoms with Gasteiger partial charge in [-0.1, -0.05) is 20.8 Å². The van der Waals surface area contributed by atoms with Crippen molar-refractivity contribution < 1.29 is 83.9 Å². The summed E-state index contributed by atoms with van der Waals surface area (Å²) in [6.45, 7) is 6.95. The van der Waals surface area contributed by atoms with Crippen LogP contribution in [0.2, 0.25) is 0 Å². The van der Waals surface area contributed by atoms with Crippen LogP contribution in [0.3, 0.4) is 0 Å². The van der Waals surface area contributed by atoms with Gasteiger partial charge in [-0.05, 0) is 18.4 Å². The predicted molar refractivity (Wildman–Crippen MR) is 109 cm³/mol. The van der Waals surface area contributed by atoms with Gasteiger partial charge in [-0.25, -0.2) is 13.7 Å². The van der Waals surface area contributed by atoms with Crippen LogP contribution in [0.25, 0.3) is 0 Å². The van der Waals surface area contributed by atoms with E-state index >= 15 is 0 Å². The number of hydrogen-bond donors (Lipinski definition) is 4. The SMILES string of the molecule is CC#N.[B]N(CC)[C@@H]1O[C@H](COP(=O)(O)OP(=O)(O)OP(=O)(O)O)C(C)[C@@H]1C.[CH3-].[CH3-].[Y]. The number of nitrogens with zero attached hydrogens (tertiary/aromatic N) is 2. The fraction of sp³-hybridized carbons (Fsp3) is 0.769. The predicted octanol–water partition coefficient (Wildman–Crippen LogP) is 2.16. The molecule has 0 aromatic rings. The van der Waals surface area contributed by atoms with Crippen molar-refractivity contribution in [3.05, 3.63) is 14.9 Å². The summed E-state index contributed by atoms with van der Waals surface area (Å²) in [6, 6.07) is 1.75. The third kappa shape index (κ3) is 15.5. The molecular formula is C13H30BN2O11P3Y-2. The van der Waals surface area contributed by atoms with Crippen molar-refractivity contribution in [1.82, 2.24) is 4.81 Å². The van der Waals surface area contributed by atoms with E-state index in [-0.39, 0.29) is 59.4 Å². The molecular weight excluding hydrogens is 553 g/mol. The van der Waals surface area contributed by atoms with E-state index in [0.717, 1.165) is 0 Å². The van der Waals surface area contributed by atoms with Gasteiger partial charge in [-0.15, -0.1) is 0 Å². The smallest absolute Gasteiger partial charge is 0.358 e. The quantitative estimate of drug-likeness (QED) is 0.175. The van der Waals surface area contributed by atoms with Crippen molar-refractivity contribution in [2.45, 2.75) is 40.0 Å². The minimum Gasteiger partial charge on any atom is -0.358 e. The summed E-state index contributed by atoms with van der Waals surface area (Å²) in [5, 5.41) is 7.32. The Bertz CT molecular complexity index is 692. The normalized spacial score (nSPS) is 26.5. The Labute approximate surface area is 210 Å². The molecule has 1 saturated heterocycles. The second kappa shape index (κ2) is 16.6. The van der Waals surface area contributed by atoms with Crippen molar-refractivity contribution in [1.29, 1.82) is 5.26 Å². The van der Waals surface area contributed by atoms with Crippen LogP contribution in [0.15, 0.2) is 0 Å². The molecule has 0 aromatic heterocycles. The molecule has 6 atom stereocenters. The van der Waals surface area contributed by atoms with E-state index in [0.29, 0.717) is 6.54 Å². The zero-order valence-electron chi connectivity index (χ0n) is 18.3. The molecule has 1 aliphatic rings. The largest absolute Gasteiger partial charge is 0.490 e. The number of rotatable bonds is 9. The van der Waals surface area contributed by atoms with E-state index in [9.17, 15) is 18.6 Å². The first-order valence-corrected chi connectivity index (χ1v) is 12.4. The van der Waals surface area contributed by atoms with Crippen molar-refractivity contribution in [3.8, 4) is 6.07 Å². The molecule has 31 heavy (non-hydrogen) atoms. The second-order valence-electron chi connectivity index (χ2n) is 5.72. The Hall–Kier alpha value is 0.989. The van der Waals surface area contributed by atoms with Gasteiger partial charge < -0.3 is 44.0 Å². The summed E-state index contributed by atoms with van der Waals surface area (Å²) in [6.07, 6.45) is -1.11. The minimum absolute atomic E-state index is 0. The number of nitriles is 1. The van der Waals surface area contributed by atoms with E-state index < -0.39 is 42.4 Å². The number of phosphoric acid groups is 3. The monoisotopic (exact) mass is 583 g/mol. The zero-order chi connectivity index (χ0) is 22.3. The maximum Gasteiger partial charge on any atom is 0.490 e. The fourth-order valence-electron chi connectivity index (χ4n) is 2.25. The summed E-state index contributed by atoms with van der Waals surface area (Å²) in [5.74, 6) is -0.158. The maximum atomic E-state index is 11.7. The standard InChI is InChI=1S/C9H21BNO11P3.C2H3N.2CH3.Y/c1-4-11(10)9-7(3)6(2)8(20-9)5-19-24(15,16)22-25(17,18)21-23(12,13)14;1-2-3;;;/h6-9H,4-5H2,1-3H3,(H,15,16)(H,17,18)(H2,12,13,14);1H3;2*1H3;/q;;2*-1;/t6?,7-,8+,9+;;;;/m0..../s1. The Morgan fingerprint density at radius 2 is 1.52 bits per heavy atom. The van der Waals surface area contributed by atoms with Gasteiger partial charge in [-0.3, -0.25) is 4.52 Å². The van der Waals surface area contributed by atoms with E-state index in [1.165, 1.54) is 11.7 Å². The van der Waals surface area contributed by atoms with Gasteiger partial charge in [0.1, 0.15) is 6.23 Å². The molecule has 3 unspecified atom stereocenters. The Morgan fingerprint density at radius 3 is 1.90 bits per heavy atom. The van der Waals surface area contributed by atoms with E-state index in [1.54, 1.807) is 13.0 Å². The summed E-state index contributed by atoms with van der Waals surface area (Å²) < 4.78 is 51.0. The number of ether oxygens (including phenoxy) is 1. The van der Waals surface area contributed by atoms with Crippen LogP contribution in [0, 0.1) is 38.0 Å². The minimum atomic E-state index is -5.53. The molecule has 0 bridgehead atoms. The fourth-order valence-corrected chi connectivity index (χ4v) is 5.28. The molecule has 0 spiro atoms. The average Bonchev–Trinajstić information content (AvgIpc) is 2.77. The molecule has 0 aliphatic carbocycles. The molecule has 0 saturated carbocycles. The summed E-state index contributed by atoms with van der Waals surface area (Å²) in [4.78, 5) is 36.9. The van der Waals surface area contributed by atoms with Crippen LogP contribution in [-0.2, 0) is 64.3 Å². The van der Waals surface area contributed by atoms with Gasteiger partial charge in [0.2, 0.25) is 0 Å². The molecule has 0 aromatic carbocycles. The molecule has 181 valence electrons. The summed E-state index contributed by atoms with van der Waals surface area (Å²) >= 11 is 0. The van der Waals surface area contributed by atoms with Gasteiger partial charge in [0.25, 0.3) is 0 Å². The van der Waals surface area contributed by atoms with Crippen molar-refractivity contribution >= 4 is 31.4 Å². The van der Waals surface area contributed by atoms with Crippen LogP contribution in [-0.4, -0.2) is 57.8 Å². The molecule has 3 radical (unpaired) electrons. The zero-order valence-corrected chi connectivity index (χ0v) is 23.8.